The average molecular weight is 238 g/mol. The molecule has 0 radical (unpaired) electrons. The van der Waals surface area contributed by atoms with Gasteiger partial charge >= 0.3 is 0 Å². The third-order valence-electron chi connectivity index (χ3n) is 2.43. The minimum absolute atomic E-state index is 0.535. The predicted octanol–water partition coefficient (Wildman–Crippen LogP) is 3.15. The van der Waals surface area contributed by atoms with Gasteiger partial charge in [0.2, 0.25) is 0 Å². The first-order valence-electron chi connectivity index (χ1n) is 5.76. The minimum Gasteiger partial charge on any atom is -0.361 e. The van der Waals surface area contributed by atoms with Crippen LogP contribution in [-0.2, 0) is 6.42 Å². The molecular formula is C12H18N2OS. The van der Waals surface area contributed by atoms with Crippen LogP contribution in [0.5, 0.6) is 0 Å². The van der Waals surface area contributed by atoms with Gasteiger partial charge < -0.3 is 4.52 Å². The Kier molecular flexibility index (Phi) is 3.69. The van der Waals surface area contributed by atoms with E-state index in [0.717, 1.165) is 22.9 Å². The monoisotopic (exact) mass is 238 g/mol. The lowest BCUT2D eigenvalue weighted by atomic mass is 10.1. The molecular weight excluding hydrogens is 220 g/mol. The van der Waals surface area contributed by atoms with E-state index in [1.54, 1.807) is 11.8 Å². The molecule has 0 aromatic carbocycles. The van der Waals surface area contributed by atoms with Gasteiger partial charge in [0.25, 0.3) is 0 Å². The number of thioether (sulfide) groups is 1. The summed E-state index contributed by atoms with van der Waals surface area (Å²) in [5, 5.41) is 5.11. The molecule has 1 fully saturated rings. The molecule has 0 bridgehead atoms. The second-order valence-electron chi connectivity index (χ2n) is 4.65. The van der Waals surface area contributed by atoms with Crippen LogP contribution >= 0.6 is 11.8 Å². The molecule has 16 heavy (non-hydrogen) atoms. The zero-order valence-electron chi connectivity index (χ0n) is 10.1. The van der Waals surface area contributed by atoms with Crippen molar-refractivity contribution in [3.8, 4) is 0 Å². The summed E-state index contributed by atoms with van der Waals surface area (Å²) in [5.74, 6) is 1.56. The van der Waals surface area contributed by atoms with Crippen LogP contribution in [0, 0.1) is 5.92 Å². The fourth-order valence-electron chi connectivity index (χ4n) is 1.51. The van der Waals surface area contributed by atoms with Crippen LogP contribution in [0.15, 0.2) is 15.6 Å². The molecule has 0 amide bonds. The second-order valence-corrected chi connectivity index (χ2v) is 5.44. The van der Waals surface area contributed by atoms with Crippen LogP contribution in [0.25, 0.3) is 0 Å². The van der Waals surface area contributed by atoms with Crippen LogP contribution in [-0.4, -0.2) is 22.5 Å². The zero-order chi connectivity index (χ0) is 11.5. The Morgan fingerprint density at radius 2 is 2.38 bits per heavy atom. The number of hydrogen-bond acceptors (Lipinski definition) is 4. The van der Waals surface area contributed by atoms with Crippen molar-refractivity contribution in [2.24, 2.45) is 10.9 Å². The molecule has 0 saturated heterocycles. The number of rotatable bonds is 4. The van der Waals surface area contributed by atoms with Crippen LogP contribution in [0.4, 0.5) is 0 Å². The smallest absolute Gasteiger partial charge is 0.138 e. The molecule has 1 heterocycles. The van der Waals surface area contributed by atoms with E-state index < -0.39 is 0 Å². The standard InChI is InChI=1S/C12H18N2OS/c1-8(2)6-10-7-11(14-15-10)12(16-3)13-9-4-5-9/h7-9H,4-6H2,1-3H3/b13-12+. The number of nitrogens with zero attached hydrogens (tertiary/aromatic N) is 2. The first-order valence-corrected chi connectivity index (χ1v) is 6.99. The van der Waals surface area contributed by atoms with Crippen LogP contribution in [0.3, 0.4) is 0 Å². The fourth-order valence-corrected chi connectivity index (χ4v) is 2.07. The van der Waals surface area contributed by atoms with E-state index in [0.29, 0.717) is 12.0 Å². The molecule has 0 aliphatic heterocycles. The highest BCUT2D eigenvalue weighted by Crippen LogP contribution is 2.26. The van der Waals surface area contributed by atoms with E-state index in [9.17, 15) is 0 Å². The van der Waals surface area contributed by atoms with Crippen molar-refractivity contribution < 1.29 is 4.52 Å². The molecule has 88 valence electrons. The number of aliphatic imine (C=N–C) groups is 1. The molecule has 1 aromatic rings. The molecule has 4 heteroatoms. The molecule has 1 aliphatic rings. The Hall–Kier alpha value is -0.770. The van der Waals surface area contributed by atoms with Gasteiger partial charge in [-0.15, -0.1) is 11.8 Å². The Labute approximate surface area is 101 Å². The van der Waals surface area contributed by atoms with Gasteiger partial charge in [-0.25, -0.2) is 0 Å². The Morgan fingerprint density at radius 1 is 1.62 bits per heavy atom. The van der Waals surface area contributed by atoms with Crippen molar-refractivity contribution >= 4 is 16.8 Å². The van der Waals surface area contributed by atoms with E-state index in [4.69, 9.17) is 4.52 Å². The van der Waals surface area contributed by atoms with E-state index in [2.05, 4.69) is 24.0 Å². The molecule has 1 aromatic heterocycles. The molecule has 2 rings (SSSR count). The van der Waals surface area contributed by atoms with E-state index >= 15 is 0 Å². The van der Waals surface area contributed by atoms with Gasteiger partial charge in [0, 0.05) is 12.5 Å². The normalized spacial score (nSPS) is 17.1. The summed E-state index contributed by atoms with van der Waals surface area (Å²) in [7, 11) is 0. The van der Waals surface area contributed by atoms with E-state index in [1.165, 1.54) is 12.8 Å². The van der Waals surface area contributed by atoms with Crippen molar-refractivity contribution in [2.45, 2.75) is 39.2 Å². The number of aromatic nitrogens is 1. The maximum Gasteiger partial charge on any atom is 0.138 e. The molecule has 3 nitrogen and oxygen atoms in total. The van der Waals surface area contributed by atoms with E-state index in [1.807, 2.05) is 12.3 Å². The second kappa shape index (κ2) is 5.04. The van der Waals surface area contributed by atoms with Gasteiger partial charge in [0.15, 0.2) is 0 Å². The SMILES string of the molecule is CS/C(=N/C1CC1)c1cc(CC(C)C)on1. The fraction of sp³-hybridized carbons (Fsp3) is 0.667. The summed E-state index contributed by atoms with van der Waals surface area (Å²) < 4.78 is 5.32. The van der Waals surface area contributed by atoms with Gasteiger partial charge in [-0.3, -0.25) is 4.99 Å². The maximum atomic E-state index is 5.32. The molecule has 0 atom stereocenters. The van der Waals surface area contributed by atoms with Crippen molar-refractivity contribution in [3.05, 3.63) is 17.5 Å². The van der Waals surface area contributed by atoms with Crippen molar-refractivity contribution in [1.82, 2.24) is 5.16 Å². The molecule has 1 aliphatic carbocycles. The third kappa shape index (κ3) is 3.11. The van der Waals surface area contributed by atoms with Crippen molar-refractivity contribution in [2.75, 3.05) is 6.26 Å². The minimum atomic E-state index is 0.535. The van der Waals surface area contributed by atoms with Crippen LogP contribution < -0.4 is 0 Å². The Morgan fingerprint density at radius 3 is 2.94 bits per heavy atom. The maximum absolute atomic E-state index is 5.32. The van der Waals surface area contributed by atoms with Crippen molar-refractivity contribution in [3.63, 3.8) is 0 Å². The highest BCUT2D eigenvalue weighted by molar-refractivity contribution is 8.13. The average Bonchev–Trinajstić information content (AvgIpc) is 2.94. The third-order valence-corrected chi connectivity index (χ3v) is 3.13. The quantitative estimate of drug-likeness (QED) is 0.597. The largest absolute Gasteiger partial charge is 0.361 e. The lowest BCUT2D eigenvalue weighted by Gasteiger charge is -1.97. The molecule has 0 spiro atoms. The summed E-state index contributed by atoms with van der Waals surface area (Å²) in [6, 6.07) is 2.56. The topological polar surface area (TPSA) is 38.4 Å². The predicted molar refractivity (Wildman–Crippen MR) is 68.1 cm³/mol. The summed E-state index contributed by atoms with van der Waals surface area (Å²) in [6.07, 6.45) is 5.43. The first-order chi connectivity index (χ1) is 7.69. The molecule has 1 saturated carbocycles. The van der Waals surface area contributed by atoms with Gasteiger partial charge in [-0.1, -0.05) is 19.0 Å². The molecule has 0 N–H and O–H groups in total. The highest BCUT2D eigenvalue weighted by Gasteiger charge is 2.22. The zero-order valence-corrected chi connectivity index (χ0v) is 10.9. The lowest BCUT2D eigenvalue weighted by Crippen LogP contribution is -1.97. The summed E-state index contributed by atoms with van der Waals surface area (Å²) in [4.78, 5) is 4.63. The van der Waals surface area contributed by atoms with Gasteiger partial charge in [-0.2, -0.15) is 0 Å². The molecule has 0 unspecified atom stereocenters. The Bertz CT molecular complexity index is 380. The van der Waals surface area contributed by atoms with E-state index in [-0.39, 0.29) is 0 Å². The van der Waals surface area contributed by atoms with Crippen molar-refractivity contribution in [1.29, 1.82) is 0 Å². The summed E-state index contributed by atoms with van der Waals surface area (Å²) >= 11 is 1.65. The van der Waals surface area contributed by atoms with Crippen LogP contribution in [0.1, 0.15) is 38.1 Å². The highest BCUT2D eigenvalue weighted by atomic mass is 32.2. The lowest BCUT2D eigenvalue weighted by molar-refractivity contribution is 0.368. The van der Waals surface area contributed by atoms with Gasteiger partial charge in [0.1, 0.15) is 16.5 Å². The van der Waals surface area contributed by atoms with Crippen LogP contribution in [0.2, 0.25) is 0 Å². The first kappa shape index (κ1) is 11.7. The van der Waals surface area contributed by atoms with Gasteiger partial charge in [0.05, 0.1) is 6.04 Å². The summed E-state index contributed by atoms with van der Waals surface area (Å²) in [5.41, 5.74) is 0.898. The Balaban J connectivity index is 2.09. The summed E-state index contributed by atoms with van der Waals surface area (Å²) in [6.45, 7) is 4.35. The number of hydrogen-bond donors (Lipinski definition) is 0. The van der Waals surface area contributed by atoms with Gasteiger partial charge in [-0.05, 0) is 25.0 Å².